The molecule has 0 radical (unpaired) electrons. The zero-order chi connectivity index (χ0) is 11.2. The summed E-state index contributed by atoms with van der Waals surface area (Å²) in [6.07, 6.45) is 15.1. The second-order valence-electron chi connectivity index (χ2n) is 4.56. The molecule has 16 heavy (non-hydrogen) atoms. The molecule has 2 rings (SSSR count). The first-order valence-corrected chi connectivity index (χ1v) is 6.17. The van der Waals surface area contributed by atoms with Crippen molar-refractivity contribution >= 4 is 0 Å². The summed E-state index contributed by atoms with van der Waals surface area (Å²) in [6.45, 7) is 0.872. The zero-order valence-electron chi connectivity index (χ0n) is 9.64. The van der Waals surface area contributed by atoms with Gasteiger partial charge in [0.25, 0.3) is 0 Å². The van der Waals surface area contributed by atoms with Gasteiger partial charge in [-0.3, -0.25) is 4.79 Å². The van der Waals surface area contributed by atoms with Crippen LogP contribution in [-0.2, 0) is 6.54 Å². The van der Waals surface area contributed by atoms with E-state index < -0.39 is 0 Å². The molecule has 0 atom stereocenters. The lowest BCUT2D eigenvalue weighted by Crippen LogP contribution is -2.04. The van der Waals surface area contributed by atoms with Crippen LogP contribution in [-0.4, -0.2) is 4.57 Å². The third-order valence-electron chi connectivity index (χ3n) is 3.23. The Kier molecular flexibility index (Phi) is 3.97. The molecule has 1 aliphatic rings. The van der Waals surface area contributed by atoms with Crippen molar-refractivity contribution < 1.29 is 0 Å². The predicted octanol–water partition coefficient (Wildman–Crippen LogP) is 2.98. The first-order valence-electron chi connectivity index (χ1n) is 6.17. The summed E-state index contributed by atoms with van der Waals surface area (Å²) < 4.78 is 2.03. The van der Waals surface area contributed by atoms with Crippen LogP contribution in [0.5, 0.6) is 0 Å². The Labute approximate surface area is 96.6 Å². The Morgan fingerprint density at radius 3 is 2.56 bits per heavy atom. The fraction of sp³-hybridized carbons (Fsp3) is 0.500. The van der Waals surface area contributed by atoms with Crippen LogP contribution in [0.25, 0.3) is 0 Å². The first kappa shape index (κ1) is 11.2. The van der Waals surface area contributed by atoms with Gasteiger partial charge < -0.3 is 4.57 Å². The topological polar surface area (TPSA) is 22.0 Å². The van der Waals surface area contributed by atoms with Crippen molar-refractivity contribution in [1.82, 2.24) is 4.57 Å². The predicted molar refractivity (Wildman–Crippen MR) is 66.4 cm³/mol. The van der Waals surface area contributed by atoms with Gasteiger partial charge in [-0.2, -0.15) is 0 Å². The number of rotatable bonds is 3. The average Bonchev–Trinajstić information content (AvgIpc) is 2.33. The molecule has 0 unspecified atom stereocenters. The monoisotopic (exact) mass is 217 g/mol. The number of hydrogen-bond donors (Lipinski definition) is 0. The quantitative estimate of drug-likeness (QED) is 0.713. The highest BCUT2D eigenvalue weighted by molar-refractivity contribution is 4.96. The minimum Gasteiger partial charge on any atom is -0.350 e. The highest BCUT2D eigenvalue weighted by atomic mass is 16.1. The highest BCUT2D eigenvalue weighted by Crippen LogP contribution is 2.24. The molecule has 0 aliphatic heterocycles. The SMILES string of the molecule is O=c1ccn(C/C=C/C2CCCCC2)cc1. The van der Waals surface area contributed by atoms with E-state index in [2.05, 4.69) is 12.2 Å². The second kappa shape index (κ2) is 5.69. The number of allylic oxidation sites excluding steroid dienone is 2. The lowest BCUT2D eigenvalue weighted by Gasteiger charge is -2.17. The molecule has 2 heteroatoms. The Bertz CT molecular complexity index is 379. The summed E-state index contributed by atoms with van der Waals surface area (Å²) in [5, 5.41) is 0. The van der Waals surface area contributed by atoms with E-state index in [0.29, 0.717) is 0 Å². The molecule has 86 valence electrons. The van der Waals surface area contributed by atoms with E-state index in [4.69, 9.17) is 0 Å². The second-order valence-corrected chi connectivity index (χ2v) is 4.56. The molecule has 1 heterocycles. The maximum atomic E-state index is 10.9. The van der Waals surface area contributed by atoms with Crippen molar-refractivity contribution in [2.24, 2.45) is 5.92 Å². The molecule has 0 saturated heterocycles. The number of nitrogens with zero attached hydrogens (tertiary/aromatic N) is 1. The molecule has 1 aliphatic carbocycles. The van der Waals surface area contributed by atoms with E-state index in [9.17, 15) is 4.79 Å². The van der Waals surface area contributed by atoms with Gasteiger partial charge in [0.1, 0.15) is 0 Å². The Morgan fingerprint density at radius 2 is 1.88 bits per heavy atom. The van der Waals surface area contributed by atoms with Crippen LogP contribution < -0.4 is 5.43 Å². The van der Waals surface area contributed by atoms with Crippen LogP contribution in [0.1, 0.15) is 32.1 Å². The van der Waals surface area contributed by atoms with Crippen molar-refractivity contribution in [3.8, 4) is 0 Å². The Hall–Kier alpha value is -1.31. The van der Waals surface area contributed by atoms with Crippen LogP contribution in [0.3, 0.4) is 0 Å². The lowest BCUT2D eigenvalue weighted by molar-refractivity contribution is 0.418. The smallest absolute Gasteiger partial charge is 0.181 e. The Morgan fingerprint density at radius 1 is 1.19 bits per heavy atom. The van der Waals surface area contributed by atoms with Gasteiger partial charge in [-0.25, -0.2) is 0 Å². The fourth-order valence-electron chi connectivity index (χ4n) is 2.27. The van der Waals surface area contributed by atoms with Crippen molar-refractivity contribution in [3.63, 3.8) is 0 Å². The highest BCUT2D eigenvalue weighted by Gasteiger charge is 2.09. The fourth-order valence-corrected chi connectivity index (χ4v) is 2.27. The van der Waals surface area contributed by atoms with E-state index in [-0.39, 0.29) is 5.43 Å². The molecule has 0 aromatic carbocycles. The van der Waals surface area contributed by atoms with Crippen molar-refractivity contribution in [3.05, 3.63) is 46.9 Å². The van der Waals surface area contributed by atoms with Crippen molar-refractivity contribution in [1.29, 1.82) is 0 Å². The van der Waals surface area contributed by atoms with Gasteiger partial charge in [-0.05, 0) is 18.8 Å². The summed E-state index contributed by atoms with van der Waals surface area (Å²) in [4.78, 5) is 10.9. The van der Waals surface area contributed by atoms with Gasteiger partial charge in [0.2, 0.25) is 0 Å². The molecular formula is C14H19NO. The van der Waals surface area contributed by atoms with E-state index in [1.165, 1.54) is 32.1 Å². The molecule has 0 spiro atoms. The summed E-state index contributed by atoms with van der Waals surface area (Å²) in [6, 6.07) is 3.21. The number of aromatic nitrogens is 1. The Balaban J connectivity index is 1.84. The minimum absolute atomic E-state index is 0.0764. The van der Waals surface area contributed by atoms with Gasteiger partial charge in [0.15, 0.2) is 5.43 Å². The van der Waals surface area contributed by atoms with Crippen LogP contribution in [0, 0.1) is 5.92 Å². The standard InChI is InChI=1S/C14H19NO/c16-14-8-11-15(12-9-14)10-4-7-13-5-2-1-3-6-13/h4,7-9,11-13H,1-3,5-6,10H2/b7-4+. The van der Waals surface area contributed by atoms with Crippen LogP contribution in [0.2, 0.25) is 0 Å². The minimum atomic E-state index is 0.0764. The van der Waals surface area contributed by atoms with Crippen LogP contribution >= 0.6 is 0 Å². The summed E-state index contributed by atoms with van der Waals surface area (Å²) in [5.74, 6) is 0.785. The van der Waals surface area contributed by atoms with Gasteiger partial charge >= 0.3 is 0 Å². The van der Waals surface area contributed by atoms with Crippen molar-refractivity contribution in [2.75, 3.05) is 0 Å². The van der Waals surface area contributed by atoms with E-state index in [0.717, 1.165) is 12.5 Å². The van der Waals surface area contributed by atoms with Gasteiger partial charge in [0.05, 0.1) is 0 Å². The first-order chi connectivity index (χ1) is 7.84. The lowest BCUT2D eigenvalue weighted by atomic mass is 9.89. The average molecular weight is 217 g/mol. The maximum Gasteiger partial charge on any atom is 0.181 e. The molecule has 1 aromatic rings. The third kappa shape index (κ3) is 3.37. The molecule has 0 N–H and O–H groups in total. The molecule has 1 fully saturated rings. The van der Waals surface area contributed by atoms with Crippen molar-refractivity contribution in [2.45, 2.75) is 38.6 Å². The normalized spacial score (nSPS) is 18.0. The summed E-state index contributed by atoms with van der Waals surface area (Å²) in [5.41, 5.74) is 0.0764. The number of hydrogen-bond acceptors (Lipinski definition) is 1. The summed E-state index contributed by atoms with van der Waals surface area (Å²) >= 11 is 0. The van der Waals surface area contributed by atoms with Gasteiger partial charge in [0, 0.05) is 31.1 Å². The molecule has 2 nitrogen and oxygen atoms in total. The largest absolute Gasteiger partial charge is 0.350 e. The zero-order valence-corrected chi connectivity index (χ0v) is 9.64. The molecule has 1 aromatic heterocycles. The van der Waals surface area contributed by atoms with Gasteiger partial charge in [-0.1, -0.05) is 31.4 Å². The summed E-state index contributed by atoms with van der Waals surface area (Å²) in [7, 11) is 0. The molecule has 0 bridgehead atoms. The van der Waals surface area contributed by atoms with E-state index in [1.807, 2.05) is 17.0 Å². The van der Waals surface area contributed by atoms with E-state index in [1.54, 1.807) is 12.1 Å². The van der Waals surface area contributed by atoms with Gasteiger partial charge in [-0.15, -0.1) is 0 Å². The van der Waals surface area contributed by atoms with E-state index >= 15 is 0 Å². The molecular weight excluding hydrogens is 198 g/mol. The molecule has 0 amide bonds. The third-order valence-corrected chi connectivity index (χ3v) is 3.23. The van der Waals surface area contributed by atoms with Crippen LogP contribution in [0.4, 0.5) is 0 Å². The molecule has 1 saturated carbocycles. The maximum absolute atomic E-state index is 10.9. The van der Waals surface area contributed by atoms with Crippen LogP contribution in [0.15, 0.2) is 41.5 Å². The number of pyridine rings is 1.